The summed E-state index contributed by atoms with van der Waals surface area (Å²) in [4.78, 5) is 30.5. The molecule has 0 spiro atoms. The van der Waals surface area contributed by atoms with E-state index in [2.05, 4.69) is 0 Å². The third kappa shape index (κ3) is 12.4. The van der Waals surface area contributed by atoms with Crippen molar-refractivity contribution in [2.45, 2.75) is 18.4 Å². The van der Waals surface area contributed by atoms with Crippen LogP contribution in [-0.2, 0) is 37.9 Å². The van der Waals surface area contributed by atoms with E-state index in [1.807, 2.05) is 0 Å². The van der Waals surface area contributed by atoms with E-state index in [1.165, 1.54) is 0 Å². The van der Waals surface area contributed by atoms with Crippen molar-refractivity contribution >= 4 is 17.9 Å². The van der Waals surface area contributed by atoms with Crippen LogP contribution in [0.25, 0.3) is 0 Å². The fourth-order valence-corrected chi connectivity index (χ4v) is 0.714. The first-order valence-electron chi connectivity index (χ1n) is 3.54. The molecule has 17 heavy (non-hydrogen) atoms. The van der Waals surface area contributed by atoms with Gasteiger partial charge in [-0.05, 0) is 0 Å². The fraction of sp³-hybridized carbons (Fsp3) is 0.500. The Balaban J connectivity index is -0.000000177. The fourth-order valence-electron chi connectivity index (χ4n) is 0.714. The molecular formula is C6H9KO9V. The van der Waals surface area contributed by atoms with E-state index >= 15 is 0 Å². The number of aliphatic hydroxyl groups is 1. The second kappa shape index (κ2) is 11.3. The van der Waals surface area contributed by atoms with Crippen molar-refractivity contribution in [3.63, 3.8) is 0 Å². The van der Waals surface area contributed by atoms with E-state index in [1.54, 1.807) is 0 Å². The normalized spacial score (nSPS) is 8.76. The average Bonchev–Trinajstić information content (AvgIpc) is 2.01. The summed E-state index contributed by atoms with van der Waals surface area (Å²) >= 11 is -1.81. The van der Waals surface area contributed by atoms with Gasteiger partial charge in [0.05, 0.1) is 12.8 Å². The van der Waals surface area contributed by atoms with Gasteiger partial charge in [0.15, 0.2) is 5.60 Å². The van der Waals surface area contributed by atoms with E-state index < -0.39 is 52.5 Å². The molecule has 0 saturated heterocycles. The summed E-state index contributed by atoms with van der Waals surface area (Å²) < 4.78 is 16.9. The Kier molecular flexibility index (Phi) is 14.9. The van der Waals surface area contributed by atoms with Crippen molar-refractivity contribution < 1.29 is 111 Å². The third-order valence-electron chi connectivity index (χ3n) is 1.29. The van der Waals surface area contributed by atoms with Crippen molar-refractivity contribution in [3.8, 4) is 0 Å². The molecule has 0 aromatic heterocycles. The molecule has 0 aromatic carbocycles. The molecule has 0 aliphatic carbocycles. The van der Waals surface area contributed by atoms with Gasteiger partial charge in [-0.25, -0.2) is 4.79 Å². The molecule has 0 aromatic rings. The standard InChI is InChI=1S/C6H8O7.K.2O.V.H/c7-3(8)1-6(13,5(11)12)2-4(9)10;;;;;/h13H,1-2H2,(H,7,8)(H,9,10)(H,11,12);;;;;/q;+1;;;;-1. The quantitative estimate of drug-likeness (QED) is 0.366. The van der Waals surface area contributed by atoms with Gasteiger partial charge in [0, 0.05) is 0 Å². The van der Waals surface area contributed by atoms with Gasteiger partial charge < -0.3 is 21.9 Å². The molecule has 0 unspecified atom stereocenters. The Morgan fingerprint density at radius 3 is 1.35 bits per heavy atom. The molecule has 0 heterocycles. The Labute approximate surface area is 146 Å². The van der Waals surface area contributed by atoms with Crippen LogP contribution in [0.5, 0.6) is 0 Å². The molecule has 0 aliphatic heterocycles. The first kappa shape index (κ1) is 22.4. The van der Waals surface area contributed by atoms with Crippen molar-refractivity contribution in [1.82, 2.24) is 0 Å². The number of carboxylic acids is 3. The van der Waals surface area contributed by atoms with Crippen molar-refractivity contribution in [2.75, 3.05) is 0 Å². The van der Waals surface area contributed by atoms with Gasteiger partial charge in [0.25, 0.3) is 0 Å². The number of carbonyl (C=O) groups is 3. The van der Waals surface area contributed by atoms with Crippen LogP contribution < -0.4 is 51.4 Å². The van der Waals surface area contributed by atoms with Crippen LogP contribution in [0.3, 0.4) is 0 Å². The molecule has 93 valence electrons. The molecule has 11 heteroatoms. The predicted molar refractivity (Wildman–Crippen MR) is 39.6 cm³/mol. The number of hydrogen-bond acceptors (Lipinski definition) is 6. The van der Waals surface area contributed by atoms with Crippen LogP contribution in [0.15, 0.2) is 0 Å². The summed E-state index contributed by atoms with van der Waals surface area (Å²) in [5.41, 5.74) is -2.74. The van der Waals surface area contributed by atoms with E-state index in [-0.39, 0.29) is 52.8 Å². The predicted octanol–water partition coefficient (Wildman–Crippen LogP) is -4.37. The van der Waals surface area contributed by atoms with Crippen molar-refractivity contribution in [2.24, 2.45) is 0 Å². The summed E-state index contributed by atoms with van der Waals surface area (Å²) in [6.45, 7) is 0. The Morgan fingerprint density at radius 2 is 1.24 bits per heavy atom. The van der Waals surface area contributed by atoms with Gasteiger partial charge in [-0.1, -0.05) is 0 Å². The molecule has 0 fully saturated rings. The molecule has 4 N–H and O–H groups in total. The van der Waals surface area contributed by atoms with Gasteiger partial charge in [-0.3, -0.25) is 9.59 Å². The van der Waals surface area contributed by atoms with Crippen LogP contribution in [0.4, 0.5) is 0 Å². The third-order valence-corrected chi connectivity index (χ3v) is 1.29. The van der Waals surface area contributed by atoms with Crippen molar-refractivity contribution in [1.29, 1.82) is 0 Å². The molecule has 0 radical (unpaired) electrons. The number of rotatable bonds is 5. The van der Waals surface area contributed by atoms with Crippen LogP contribution in [-0.4, -0.2) is 43.9 Å². The first-order chi connectivity index (χ1) is 7.19. The molecule has 0 bridgehead atoms. The van der Waals surface area contributed by atoms with E-state index in [0.717, 1.165) is 0 Å². The van der Waals surface area contributed by atoms with Crippen molar-refractivity contribution in [3.05, 3.63) is 0 Å². The summed E-state index contributed by atoms with van der Waals surface area (Å²) in [5.74, 6) is -5.02. The summed E-state index contributed by atoms with van der Waals surface area (Å²) in [7, 11) is 0. The SMILES string of the molecule is O=C(O)CC(O)(CC(=O)O)C(=O)O.[H-].[K+].[O]=[V]=[O]. The number of aliphatic carboxylic acids is 3. The maximum absolute atomic E-state index is 10.3. The van der Waals surface area contributed by atoms with Crippen LogP contribution in [0, 0.1) is 0 Å². The second-order valence-electron chi connectivity index (χ2n) is 2.55. The topological polar surface area (TPSA) is 166 Å². The van der Waals surface area contributed by atoms with E-state index in [9.17, 15) is 14.4 Å². The Morgan fingerprint density at radius 1 is 1.00 bits per heavy atom. The minimum atomic E-state index is -2.74. The summed E-state index contributed by atoms with van der Waals surface area (Å²) in [6, 6.07) is 0. The molecule has 0 atom stereocenters. The monoisotopic (exact) mass is 315 g/mol. The molecule has 9 nitrogen and oxygen atoms in total. The summed E-state index contributed by atoms with van der Waals surface area (Å²) in [5, 5.41) is 33.8. The molecule has 0 amide bonds. The van der Waals surface area contributed by atoms with Crippen LogP contribution in [0.2, 0.25) is 0 Å². The second-order valence-corrected chi connectivity index (χ2v) is 2.79. The van der Waals surface area contributed by atoms with Gasteiger partial charge in [0.2, 0.25) is 0 Å². The van der Waals surface area contributed by atoms with Gasteiger partial charge in [-0.15, -0.1) is 0 Å². The van der Waals surface area contributed by atoms with Gasteiger partial charge in [-0.2, -0.15) is 0 Å². The summed E-state index contributed by atoms with van der Waals surface area (Å²) in [6.07, 6.45) is -2.29. The molecular weight excluding hydrogens is 306 g/mol. The minimum absolute atomic E-state index is 0. The number of hydrogen-bond donors (Lipinski definition) is 4. The van der Waals surface area contributed by atoms with Crippen LogP contribution >= 0.6 is 0 Å². The zero-order valence-electron chi connectivity index (χ0n) is 9.69. The first-order valence-corrected chi connectivity index (χ1v) is 4.68. The zero-order valence-corrected chi connectivity index (χ0v) is 13.2. The Bertz CT molecular complexity index is 311. The molecule has 0 saturated carbocycles. The average molecular weight is 315 g/mol. The maximum atomic E-state index is 10.3. The van der Waals surface area contributed by atoms with E-state index in [0.29, 0.717) is 0 Å². The number of carboxylic acid groups (broad SMARTS) is 3. The van der Waals surface area contributed by atoms with Crippen LogP contribution in [0.1, 0.15) is 14.3 Å². The zero-order chi connectivity index (χ0) is 13.4. The van der Waals surface area contributed by atoms with Gasteiger partial charge in [0.1, 0.15) is 0 Å². The Hall–Kier alpha value is 0.191. The van der Waals surface area contributed by atoms with Gasteiger partial charge >= 0.3 is 92.8 Å². The van der Waals surface area contributed by atoms with E-state index in [4.69, 9.17) is 27.8 Å². The molecule has 0 rings (SSSR count). The molecule has 0 aliphatic rings.